The van der Waals surface area contributed by atoms with Crippen LogP contribution in [0.2, 0.25) is 5.02 Å². The minimum absolute atomic E-state index is 0.0343. The average Bonchev–Trinajstić information content (AvgIpc) is 2.62. The summed E-state index contributed by atoms with van der Waals surface area (Å²) in [4.78, 5) is 24.1. The number of carbonyl (C=O) groups excluding carboxylic acids is 1. The molecule has 2 rings (SSSR count). The molecule has 27 heavy (non-hydrogen) atoms. The monoisotopic (exact) mass is 396 g/mol. The number of carbonyl (C=O) groups is 1. The quantitative estimate of drug-likeness (QED) is 0.526. The zero-order chi connectivity index (χ0) is 20.0. The zero-order valence-electron chi connectivity index (χ0n) is 15.5. The first-order valence-corrected chi connectivity index (χ1v) is 8.85. The number of benzene rings is 1. The van der Waals surface area contributed by atoms with Gasteiger partial charge < -0.3 is 9.47 Å². The number of hydrogen-bond acceptors (Lipinski definition) is 5. The number of esters is 1. The lowest BCUT2D eigenvalue weighted by molar-refractivity contribution is 0.0494. The van der Waals surface area contributed by atoms with Crippen molar-refractivity contribution in [3.05, 3.63) is 57.0 Å². The van der Waals surface area contributed by atoms with Crippen LogP contribution < -0.4 is 10.3 Å². The van der Waals surface area contributed by atoms with Crippen LogP contribution in [0.25, 0.3) is 0 Å². The predicted molar refractivity (Wildman–Crippen MR) is 100 cm³/mol. The van der Waals surface area contributed by atoms with Gasteiger partial charge in [0, 0.05) is 6.42 Å². The molecule has 0 unspecified atom stereocenters. The third-order valence-electron chi connectivity index (χ3n) is 3.62. The molecule has 0 saturated heterocycles. The Bertz CT molecular complexity index is 844. The van der Waals surface area contributed by atoms with Gasteiger partial charge in [-0.05, 0) is 38.5 Å². The first kappa shape index (κ1) is 20.9. The maximum atomic E-state index is 12.3. The van der Waals surface area contributed by atoms with Crippen LogP contribution in [-0.4, -0.2) is 29.0 Å². The molecular weight excluding hydrogens is 375 g/mol. The molecule has 6 nitrogen and oxygen atoms in total. The number of rotatable bonds is 7. The molecule has 0 radical (unpaired) electrons. The fourth-order valence-electron chi connectivity index (χ4n) is 2.20. The number of alkyl halides is 1. The van der Waals surface area contributed by atoms with E-state index in [1.54, 1.807) is 24.3 Å². The van der Waals surface area contributed by atoms with Gasteiger partial charge in [-0.3, -0.25) is 9.18 Å². The highest BCUT2D eigenvalue weighted by Gasteiger charge is 2.20. The second kappa shape index (κ2) is 8.99. The van der Waals surface area contributed by atoms with Gasteiger partial charge in [-0.2, -0.15) is 5.10 Å². The van der Waals surface area contributed by atoms with Crippen molar-refractivity contribution in [2.45, 2.75) is 39.3 Å². The molecule has 0 amide bonds. The number of ether oxygens (including phenoxy) is 2. The number of nitrogens with zero attached hydrogens (tertiary/aromatic N) is 2. The lowest BCUT2D eigenvalue weighted by Gasteiger charge is -2.21. The lowest BCUT2D eigenvalue weighted by atomic mass is 10.1. The van der Waals surface area contributed by atoms with E-state index in [4.69, 9.17) is 21.1 Å². The molecule has 0 aliphatic rings. The summed E-state index contributed by atoms with van der Waals surface area (Å²) in [7, 11) is 0. The summed E-state index contributed by atoms with van der Waals surface area (Å²) in [5, 5.41) is 4.07. The molecule has 0 spiro atoms. The summed E-state index contributed by atoms with van der Waals surface area (Å²) in [5.74, 6) is -0.314. The summed E-state index contributed by atoms with van der Waals surface area (Å²) in [6.07, 6.45) is 1.59. The molecule has 1 aromatic heterocycles. The third-order valence-corrected chi connectivity index (χ3v) is 3.97. The highest BCUT2D eigenvalue weighted by molar-refractivity contribution is 6.31. The molecule has 0 bridgehead atoms. The van der Waals surface area contributed by atoms with Crippen molar-refractivity contribution in [3.8, 4) is 5.75 Å². The maximum Gasteiger partial charge on any atom is 0.338 e. The summed E-state index contributed by atoms with van der Waals surface area (Å²) in [6.45, 7) is 5.22. The molecule has 1 aromatic carbocycles. The molecule has 1 heterocycles. The van der Waals surface area contributed by atoms with Gasteiger partial charge in [0.05, 0.1) is 30.6 Å². The molecule has 2 aromatic rings. The van der Waals surface area contributed by atoms with Gasteiger partial charge in [0.2, 0.25) is 0 Å². The van der Waals surface area contributed by atoms with Gasteiger partial charge in [0.25, 0.3) is 5.56 Å². The Morgan fingerprint density at radius 3 is 2.52 bits per heavy atom. The average molecular weight is 397 g/mol. The van der Waals surface area contributed by atoms with Crippen molar-refractivity contribution in [1.29, 1.82) is 0 Å². The third kappa shape index (κ3) is 5.53. The Morgan fingerprint density at radius 2 is 1.93 bits per heavy atom. The molecular formula is C19H22ClFN2O4. The summed E-state index contributed by atoms with van der Waals surface area (Å²) in [5.41, 5.74) is 0.220. The van der Waals surface area contributed by atoms with Gasteiger partial charge in [-0.15, -0.1) is 0 Å². The largest absolute Gasteiger partial charge is 0.485 e. The van der Waals surface area contributed by atoms with Gasteiger partial charge in [-0.25, -0.2) is 9.48 Å². The Labute approximate surface area is 161 Å². The van der Waals surface area contributed by atoms with Crippen molar-refractivity contribution >= 4 is 17.6 Å². The van der Waals surface area contributed by atoms with Crippen LogP contribution in [-0.2, 0) is 16.9 Å². The lowest BCUT2D eigenvalue weighted by Crippen LogP contribution is -2.36. The van der Waals surface area contributed by atoms with E-state index in [0.717, 1.165) is 5.56 Å². The van der Waals surface area contributed by atoms with Crippen LogP contribution >= 0.6 is 11.6 Å². The molecule has 0 saturated carbocycles. The van der Waals surface area contributed by atoms with Crippen molar-refractivity contribution < 1.29 is 18.7 Å². The maximum absolute atomic E-state index is 12.3. The standard InChI is InChI=1S/C19H22ClFN2O4/c1-19(2,3)23-17(24)16(20)15(11-22-23)27-12-13-5-7-14(8-6-13)18(25)26-10-4-9-21/h5-8,11H,4,9-10,12H2,1-3H3. The topological polar surface area (TPSA) is 70.4 Å². The van der Waals surface area contributed by atoms with Crippen LogP contribution in [0.3, 0.4) is 0 Å². The smallest absolute Gasteiger partial charge is 0.338 e. The van der Waals surface area contributed by atoms with E-state index in [1.807, 2.05) is 20.8 Å². The minimum Gasteiger partial charge on any atom is -0.485 e. The van der Waals surface area contributed by atoms with E-state index in [1.165, 1.54) is 10.9 Å². The summed E-state index contributed by atoms with van der Waals surface area (Å²) >= 11 is 6.11. The van der Waals surface area contributed by atoms with Crippen LogP contribution in [0, 0.1) is 0 Å². The molecule has 0 N–H and O–H groups in total. The molecule has 0 atom stereocenters. The van der Waals surface area contributed by atoms with Gasteiger partial charge in [0.15, 0.2) is 10.8 Å². The molecule has 0 aliphatic carbocycles. The van der Waals surface area contributed by atoms with Crippen LogP contribution in [0.15, 0.2) is 35.3 Å². The first-order chi connectivity index (χ1) is 12.7. The van der Waals surface area contributed by atoms with Crippen molar-refractivity contribution in [2.75, 3.05) is 13.3 Å². The van der Waals surface area contributed by atoms with Crippen molar-refractivity contribution in [2.24, 2.45) is 0 Å². The minimum atomic E-state index is -0.527. The highest BCUT2D eigenvalue weighted by atomic mass is 35.5. The normalized spacial score (nSPS) is 11.3. The number of hydrogen-bond donors (Lipinski definition) is 0. The summed E-state index contributed by atoms with van der Waals surface area (Å²) < 4.78 is 23.8. The van der Waals surface area contributed by atoms with Crippen LogP contribution in [0.1, 0.15) is 43.1 Å². The zero-order valence-corrected chi connectivity index (χ0v) is 16.3. The van der Waals surface area contributed by atoms with Crippen LogP contribution in [0.4, 0.5) is 4.39 Å². The summed E-state index contributed by atoms with van der Waals surface area (Å²) in [6, 6.07) is 6.58. The molecule has 0 fully saturated rings. The highest BCUT2D eigenvalue weighted by Crippen LogP contribution is 2.22. The fraction of sp³-hybridized carbons (Fsp3) is 0.421. The van der Waals surface area contributed by atoms with Gasteiger partial charge in [-0.1, -0.05) is 23.7 Å². The van der Waals surface area contributed by atoms with E-state index < -0.39 is 23.7 Å². The Hall–Kier alpha value is -2.41. The Balaban J connectivity index is 2.02. The first-order valence-electron chi connectivity index (χ1n) is 8.47. The van der Waals surface area contributed by atoms with E-state index >= 15 is 0 Å². The Morgan fingerprint density at radius 1 is 1.26 bits per heavy atom. The predicted octanol–water partition coefficient (Wildman–Crippen LogP) is 3.75. The fourth-order valence-corrected chi connectivity index (χ4v) is 2.38. The van der Waals surface area contributed by atoms with Gasteiger partial charge in [0.1, 0.15) is 6.61 Å². The number of aromatic nitrogens is 2. The Kier molecular flexibility index (Phi) is 6.96. The number of halogens is 2. The van der Waals surface area contributed by atoms with E-state index in [-0.39, 0.29) is 30.4 Å². The van der Waals surface area contributed by atoms with E-state index in [2.05, 4.69) is 5.10 Å². The van der Waals surface area contributed by atoms with Crippen LogP contribution in [0.5, 0.6) is 5.75 Å². The van der Waals surface area contributed by atoms with Crippen molar-refractivity contribution in [1.82, 2.24) is 9.78 Å². The molecule has 8 heteroatoms. The molecule has 146 valence electrons. The van der Waals surface area contributed by atoms with E-state index in [9.17, 15) is 14.0 Å². The molecule has 0 aliphatic heterocycles. The SMILES string of the molecule is CC(C)(C)n1ncc(OCc2ccc(C(=O)OCCCF)cc2)c(Cl)c1=O. The second-order valence-corrected chi connectivity index (χ2v) is 7.25. The van der Waals surface area contributed by atoms with Gasteiger partial charge >= 0.3 is 5.97 Å². The second-order valence-electron chi connectivity index (χ2n) is 6.87. The van der Waals surface area contributed by atoms with Crippen molar-refractivity contribution in [3.63, 3.8) is 0 Å². The van der Waals surface area contributed by atoms with E-state index in [0.29, 0.717) is 5.56 Å².